The van der Waals surface area contributed by atoms with Crippen molar-refractivity contribution in [3.63, 3.8) is 0 Å². The number of likely N-dealkylation sites (tertiary alicyclic amines) is 1. The van der Waals surface area contributed by atoms with Gasteiger partial charge in [0.1, 0.15) is 17.7 Å². The van der Waals surface area contributed by atoms with Gasteiger partial charge in [0.15, 0.2) is 0 Å². The van der Waals surface area contributed by atoms with E-state index in [1.165, 1.54) is 9.80 Å². The maximum atomic E-state index is 13.8. The van der Waals surface area contributed by atoms with Crippen LogP contribution >= 0.6 is 0 Å². The maximum absolute atomic E-state index is 13.8. The van der Waals surface area contributed by atoms with Gasteiger partial charge >= 0.3 is 18.2 Å². The summed E-state index contributed by atoms with van der Waals surface area (Å²) in [7, 11) is 0. The molecule has 2 fully saturated rings. The molecule has 1 N–H and O–H groups in total. The second kappa shape index (κ2) is 9.57. The van der Waals surface area contributed by atoms with E-state index >= 15 is 0 Å². The van der Waals surface area contributed by atoms with Gasteiger partial charge in [-0.05, 0) is 67.7 Å². The van der Waals surface area contributed by atoms with Gasteiger partial charge in [0.25, 0.3) is 0 Å². The number of hydrogen-bond donors (Lipinski definition) is 1. The lowest BCUT2D eigenvalue weighted by atomic mass is 9.85. The number of carboxylic acid groups (broad SMARTS) is 1. The standard InChI is InChI=1S/C31H38N2O6/c1-29(2,3)39-27(36)32-16-14-31(15-17-32,26(34)35)33(25-18-30(25,4)5)28(37)38-19-24-22-12-8-6-10-20(22)21-11-7-9-13-23(21)24/h6-13,24-25H,14-19H2,1-5H3,(H,34,35)/t25-/m0/s1. The molecule has 1 aliphatic heterocycles. The number of benzene rings is 2. The van der Waals surface area contributed by atoms with Crippen LogP contribution in [-0.2, 0) is 14.3 Å². The van der Waals surface area contributed by atoms with E-state index in [9.17, 15) is 19.5 Å². The Labute approximate surface area is 229 Å². The molecule has 1 saturated heterocycles. The zero-order valence-corrected chi connectivity index (χ0v) is 23.4. The Bertz CT molecular complexity index is 1240. The van der Waals surface area contributed by atoms with Crippen molar-refractivity contribution in [1.29, 1.82) is 0 Å². The van der Waals surface area contributed by atoms with E-state index in [1.807, 2.05) is 38.1 Å². The summed E-state index contributed by atoms with van der Waals surface area (Å²) in [6.07, 6.45) is -0.167. The molecule has 0 aromatic heterocycles. The largest absolute Gasteiger partial charge is 0.479 e. The molecule has 2 aromatic rings. The lowest BCUT2D eigenvalue weighted by Gasteiger charge is -2.46. The van der Waals surface area contributed by atoms with Crippen molar-refractivity contribution in [1.82, 2.24) is 9.80 Å². The zero-order valence-electron chi connectivity index (χ0n) is 23.4. The number of nitrogens with zero attached hydrogens (tertiary/aromatic N) is 2. The average Bonchev–Trinajstić information content (AvgIpc) is 3.37. The third-order valence-electron chi connectivity index (χ3n) is 8.41. The van der Waals surface area contributed by atoms with Crippen molar-refractivity contribution in [3.8, 4) is 11.1 Å². The van der Waals surface area contributed by atoms with E-state index < -0.39 is 29.3 Å². The first-order valence-corrected chi connectivity index (χ1v) is 13.7. The molecule has 0 unspecified atom stereocenters. The van der Waals surface area contributed by atoms with Gasteiger partial charge in [-0.3, -0.25) is 4.90 Å². The molecular weight excluding hydrogens is 496 g/mol. The molecule has 3 aliphatic rings. The molecule has 0 spiro atoms. The van der Waals surface area contributed by atoms with Gasteiger partial charge in [-0.15, -0.1) is 0 Å². The minimum Gasteiger partial charge on any atom is -0.479 e. The number of carbonyl (C=O) groups is 3. The van der Waals surface area contributed by atoms with Crippen molar-refractivity contribution in [2.24, 2.45) is 5.41 Å². The summed E-state index contributed by atoms with van der Waals surface area (Å²) < 4.78 is 11.5. The molecule has 5 rings (SSSR count). The number of aliphatic carboxylic acids is 1. The summed E-state index contributed by atoms with van der Waals surface area (Å²) >= 11 is 0. The summed E-state index contributed by atoms with van der Waals surface area (Å²) in [5.74, 6) is -1.19. The van der Waals surface area contributed by atoms with Crippen LogP contribution in [0.15, 0.2) is 48.5 Å². The smallest absolute Gasteiger partial charge is 0.411 e. The van der Waals surface area contributed by atoms with E-state index in [-0.39, 0.29) is 49.9 Å². The number of amides is 2. The highest BCUT2D eigenvalue weighted by atomic mass is 16.6. The Balaban J connectivity index is 1.37. The van der Waals surface area contributed by atoms with E-state index in [0.717, 1.165) is 22.3 Å². The summed E-state index contributed by atoms with van der Waals surface area (Å²) in [6, 6.07) is 16.0. The highest BCUT2D eigenvalue weighted by molar-refractivity contribution is 5.86. The first-order valence-electron chi connectivity index (χ1n) is 13.7. The van der Waals surface area contributed by atoms with Crippen molar-refractivity contribution in [2.75, 3.05) is 19.7 Å². The minimum absolute atomic E-state index is 0.109. The van der Waals surface area contributed by atoms with E-state index in [4.69, 9.17) is 9.47 Å². The molecule has 1 heterocycles. The Morgan fingerprint density at radius 3 is 1.95 bits per heavy atom. The van der Waals surface area contributed by atoms with Crippen LogP contribution in [0.4, 0.5) is 9.59 Å². The average molecular weight is 535 g/mol. The topological polar surface area (TPSA) is 96.4 Å². The normalized spacial score (nSPS) is 20.9. The summed E-state index contributed by atoms with van der Waals surface area (Å²) in [6.45, 7) is 9.94. The van der Waals surface area contributed by atoms with Crippen LogP contribution in [-0.4, -0.2) is 69.9 Å². The van der Waals surface area contributed by atoms with Crippen LogP contribution in [0.25, 0.3) is 11.1 Å². The van der Waals surface area contributed by atoms with Gasteiger partial charge in [0.05, 0.1) is 0 Å². The molecule has 208 valence electrons. The Hall–Kier alpha value is -3.55. The third-order valence-corrected chi connectivity index (χ3v) is 8.41. The molecule has 8 nitrogen and oxygen atoms in total. The first kappa shape index (κ1) is 27.0. The molecular formula is C31H38N2O6. The molecule has 2 aromatic carbocycles. The number of piperidine rings is 1. The van der Waals surface area contributed by atoms with E-state index in [1.54, 1.807) is 20.8 Å². The molecule has 1 atom stereocenters. The summed E-state index contributed by atoms with van der Waals surface area (Å²) in [5, 5.41) is 10.5. The quantitative estimate of drug-likeness (QED) is 0.514. The van der Waals surface area contributed by atoms with Crippen molar-refractivity contribution >= 4 is 18.2 Å². The number of carboxylic acids is 1. The van der Waals surface area contributed by atoms with Crippen molar-refractivity contribution in [2.45, 2.75) is 77.0 Å². The minimum atomic E-state index is -1.46. The van der Waals surface area contributed by atoms with Crippen LogP contribution in [0, 0.1) is 5.41 Å². The number of ether oxygens (including phenoxy) is 2. The van der Waals surface area contributed by atoms with Crippen LogP contribution in [0.1, 0.15) is 70.9 Å². The first-order chi connectivity index (χ1) is 18.3. The fourth-order valence-corrected chi connectivity index (χ4v) is 6.09. The highest BCUT2D eigenvalue weighted by Gasteiger charge is 2.61. The SMILES string of the molecule is CC(C)(C)OC(=O)N1CCC(C(=O)O)(N(C(=O)OCC2c3ccccc3-c3ccccc32)[C@H]2CC2(C)C)CC1. The lowest BCUT2D eigenvalue weighted by molar-refractivity contribution is -0.155. The van der Waals surface area contributed by atoms with Gasteiger partial charge in [-0.25, -0.2) is 14.4 Å². The second-order valence-electron chi connectivity index (χ2n) is 12.7. The fourth-order valence-electron chi connectivity index (χ4n) is 6.09. The maximum Gasteiger partial charge on any atom is 0.411 e. The van der Waals surface area contributed by atoms with Crippen molar-refractivity contribution in [3.05, 3.63) is 59.7 Å². The number of hydrogen-bond acceptors (Lipinski definition) is 5. The van der Waals surface area contributed by atoms with Crippen molar-refractivity contribution < 1.29 is 29.0 Å². The Kier molecular flexibility index (Phi) is 6.64. The summed E-state index contributed by atoms with van der Waals surface area (Å²) in [5.41, 5.74) is 2.14. The molecule has 0 radical (unpaired) electrons. The predicted molar refractivity (Wildman–Crippen MR) is 147 cm³/mol. The van der Waals surface area contributed by atoms with E-state index in [0.29, 0.717) is 6.42 Å². The Morgan fingerprint density at radius 1 is 0.974 bits per heavy atom. The predicted octanol–water partition coefficient (Wildman–Crippen LogP) is 5.89. The molecule has 0 bridgehead atoms. The second-order valence-corrected chi connectivity index (χ2v) is 12.7. The molecule has 1 saturated carbocycles. The zero-order chi connectivity index (χ0) is 28.2. The number of fused-ring (bicyclic) bond motifs is 3. The molecule has 2 aliphatic carbocycles. The van der Waals surface area contributed by atoms with Gasteiger partial charge in [-0.2, -0.15) is 0 Å². The third kappa shape index (κ3) is 4.97. The van der Waals surface area contributed by atoms with Crippen LogP contribution in [0.3, 0.4) is 0 Å². The Morgan fingerprint density at radius 2 is 1.49 bits per heavy atom. The van der Waals surface area contributed by atoms with Crippen LogP contribution < -0.4 is 0 Å². The number of rotatable bonds is 5. The van der Waals surface area contributed by atoms with E-state index in [2.05, 4.69) is 24.3 Å². The monoisotopic (exact) mass is 534 g/mol. The molecule has 39 heavy (non-hydrogen) atoms. The van der Waals surface area contributed by atoms with Gasteiger partial charge in [-0.1, -0.05) is 62.4 Å². The molecule has 8 heteroatoms. The van der Waals surface area contributed by atoms with Gasteiger partial charge < -0.3 is 19.5 Å². The highest BCUT2D eigenvalue weighted by Crippen LogP contribution is 2.53. The fraction of sp³-hybridized carbons (Fsp3) is 0.516. The summed E-state index contributed by atoms with van der Waals surface area (Å²) in [4.78, 5) is 42.4. The van der Waals surface area contributed by atoms with Gasteiger partial charge in [0.2, 0.25) is 0 Å². The van der Waals surface area contributed by atoms with Crippen LogP contribution in [0.2, 0.25) is 0 Å². The lowest BCUT2D eigenvalue weighted by Crippen LogP contribution is -2.63. The van der Waals surface area contributed by atoms with Gasteiger partial charge in [0, 0.05) is 25.0 Å². The van der Waals surface area contributed by atoms with Crippen LogP contribution in [0.5, 0.6) is 0 Å². The molecule has 2 amide bonds. The number of carbonyl (C=O) groups excluding carboxylic acids is 2.